The smallest absolute Gasteiger partial charge is 0.327 e. The second-order valence-corrected chi connectivity index (χ2v) is 9.38. The lowest BCUT2D eigenvalue weighted by atomic mass is 9.97. The Balaban J connectivity index is 1.73. The molecule has 3 aromatic rings. The topological polar surface area (TPSA) is 115 Å². The number of carbonyl (C=O) groups is 1. The van der Waals surface area contributed by atoms with Crippen molar-refractivity contribution >= 4 is 16.9 Å². The Morgan fingerprint density at radius 2 is 2.03 bits per heavy atom. The summed E-state index contributed by atoms with van der Waals surface area (Å²) in [5.74, 6) is 1.11. The summed E-state index contributed by atoms with van der Waals surface area (Å²) in [5.41, 5.74) is 1.33. The van der Waals surface area contributed by atoms with Crippen LogP contribution >= 0.6 is 0 Å². The number of aromatic nitrogens is 5. The van der Waals surface area contributed by atoms with Gasteiger partial charge in [-0.25, -0.2) is 4.68 Å². The van der Waals surface area contributed by atoms with Crippen molar-refractivity contribution in [2.45, 2.75) is 71.6 Å². The van der Waals surface area contributed by atoms with E-state index in [4.69, 9.17) is 9.47 Å². The summed E-state index contributed by atoms with van der Waals surface area (Å²) in [6, 6.07) is 7.67. The molecule has 10 heteroatoms. The summed E-state index contributed by atoms with van der Waals surface area (Å²) >= 11 is 0. The zero-order valence-electron chi connectivity index (χ0n) is 20.9. The Labute approximate surface area is 204 Å². The standard InChI is InChI=1S/C25H34N6O4/c1-5-35-22(32)15-31-24(27-28-29-31)23(16(2)3)30(19-8-6-7-9-19)14-18-12-17-13-20(34-4)10-11-21(17)26-25(18)33/h10-13,16,19,23H,5-9,14-15H2,1-4H3,(H,26,33). The molecule has 2 heterocycles. The number of nitrogens with zero attached hydrogens (tertiary/aromatic N) is 5. The molecule has 1 saturated carbocycles. The molecule has 4 rings (SSSR count). The number of rotatable bonds is 10. The summed E-state index contributed by atoms with van der Waals surface area (Å²) in [7, 11) is 1.63. The SMILES string of the molecule is CCOC(=O)Cn1nnnc1C(C(C)C)N(Cc1cc2cc(OC)ccc2[nH]c1=O)C1CCCC1. The minimum absolute atomic E-state index is 0.0474. The summed E-state index contributed by atoms with van der Waals surface area (Å²) in [5, 5.41) is 13.2. The van der Waals surface area contributed by atoms with Crippen molar-refractivity contribution < 1.29 is 14.3 Å². The molecule has 0 saturated heterocycles. The van der Waals surface area contributed by atoms with Gasteiger partial charge in [-0.15, -0.1) is 5.10 Å². The molecule has 0 radical (unpaired) electrons. The van der Waals surface area contributed by atoms with Crippen LogP contribution in [0.25, 0.3) is 10.9 Å². The highest BCUT2D eigenvalue weighted by molar-refractivity contribution is 5.80. The third kappa shape index (κ3) is 5.53. The van der Waals surface area contributed by atoms with Crippen LogP contribution in [0.5, 0.6) is 5.75 Å². The van der Waals surface area contributed by atoms with Gasteiger partial charge < -0.3 is 14.5 Å². The first-order chi connectivity index (χ1) is 16.9. The number of aromatic amines is 1. The summed E-state index contributed by atoms with van der Waals surface area (Å²) in [6.07, 6.45) is 4.37. The minimum atomic E-state index is -0.379. The van der Waals surface area contributed by atoms with Crippen molar-refractivity contribution in [2.24, 2.45) is 5.92 Å². The molecule has 1 aliphatic carbocycles. The zero-order valence-corrected chi connectivity index (χ0v) is 20.9. The van der Waals surface area contributed by atoms with E-state index in [2.05, 4.69) is 39.3 Å². The number of methoxy groups -OCH3 is 1. The normalized spacial score (nSPS) is 15.3. The molecule has 1 fully saturated rings. The third-order valence-corrected chi connectivity index (χ3v) is 6.67. The van der Waals surface area contributed by atoms with E-state index in [9.17, 15) is 9.59 Å². The highest BCUT2D eigenvalue weighted by atomic mass is 16.5. The van der Waals surface area contributed by atoms with E-state index in [0.717, 1.165) is 42.3 Å². The van der Waals surface area contributed by atoms with Gasteiger partial charge >= 0.3 is 5.97 Å². The fraction of sp³-hybridized carbons (Fsp3) is 0.560. The van der Waals surface area contributed by atoms with E-state index >= 15 is 0 Å². The lowest BCUT2D eigenvalue weighted by molar-refractivity contribution is -0.144. The summed E-state index contributed by atoms with van der Waals surface area (Å²) < 4.78 is 12.0. The highest BCUT2D eigenvalue weighted by Crippen LogP contribution is 2.36. The Morgan fingerprint density at radius 1 is 1.26 bits per heavy atom. The number of fused-ring (bicyclic) bond motifs is 1. The number of ether oxygens (including phenoxy) is 2. The van der Waals surface area contributed by atoms with Gasteiger partial charge in [0.1, 0.15) is 12.3 Å². The maximum absolute atomic E-state index is 13.1. The van der Waals surface area contributed by atoms with E-state index in [-0.39, 0.29) is 36.1 Å². The predicted octanol–water partition coefficient (Wildman–Crippen LogP) is 3.23. The van der Waals surface area contributed by atoms with Crippen molar-refractivity contribution in [3.8, 4) is 5.75 Å². The number of carbonyl (C=O) groups excluding carboxylic acids is 1. The van der Waals surface area contributed by atoms with Crippen LogP contribution in [0.4, 0.5) is 0 Å². The first kappa shape index (κ1) is 24.8. The minimum Gasteiger partial charge on any atom is -0.497 e. The Hall–Kier alpha value is -3.27. The molecule has 188 valence electrons. The largest absolute Gasteiger partial charge is 0.497 e. The van der Waals surface area contributed by atoms with Crippen LogP contribution < -0.4 is 10.3 Å². The lowest BCUT2D eigenvalue weighted by Crippen LogP contribution is -2.41. The number of hydrogen-bond acceptors (Lipinski definition) is 8. The Morgan fingerprint density at radius 3 is 2.71 bits per heavy atom. The van der Waals surface area contributed by atoms with Crippen molar-refractivity contribution in [1.82, 2.24) is 30.1 Å². The molecule has 1 unspecified atom stereocenters. The number of nitrogens with one attached hydrogen (secondary N) is 1. The molecular weight excluding hydrogens is 448 g/mol. The maximum Gasteiger partial charge on any atom is 0.327 e. The predicted molar refractivity (Wildman–Crippen MR) is 131 cm³/mol. The van der Waals surface area contributed by atoms with Crippen molar-refractivity contribution in [2.75, 3.05) is 13.7 Å². The monoisotopic (exact) mass is 482 g/mol. The highest BCUT2D eigenvalue weighted by Gasteiger charge is 2.35. The van der Waals surface area contributed by atoms with Crippen molar-refractivity contribution in [1.29, 1.82) is 0 Å². The van der Waals surface area contributed by atoms with E-state index < -0.39 is 0 Å². The van der Waals surface area contributed by atoms with Crippen LogP contribution in [0, 0.1) is 5.92 Å². The van der Waals surface area contributed by atoms with Crippen molar-refractivity contribution in [3.05, 3.63) is 46.0 Å². The second-order valence-electron chi connectivity index (χ2n) is 9.38. The molecule has 10 nitrogen and oxygen atoms in total. The lowest BCUT2D eigenvalue weighted by Gasteiger charge is -2.37. The average molecular weight is 483 g/mol. The molecule has 0 bridgehead atoms. The van der Waals surface area contributed by atoms with Gasteiger partial charge in [-0.05, 0) is 60.4 Å². The molecular formula is C25H34N6O4. The summed E-state index contributed by atoms with van der Waals surface area (Å²) in [6.45, 7) is 6.70. The van der Waals surface area contributed by atoms with Gasteiger partial charge in [-0.2, -0.15) is 0 Å². The van der Waals surface area contributed by atoms with Crippen LogP contribution in [0.1, 0.15) is 63.9 Å². The molecule has 1 atom stereocenters. The Kier molecular flexibility index (Phi) is 7.80. The average Bonchev–Trinajstić information content (AvgIpc) is 3.51. The molecule has 0 aliphatic heterocycles. The van der Waals surface area contributed by atoms with Crippen LogP contribution in [-0.4, -0.2) is 55.8 Å². The molecule has 0 amide bonds. The van der Waals surface area contributed by atoms with Gasteiger partial charge in [0.05, 0.1) is 19.8 Å². The van der Waals surface area contributed by atoms with Crippen LogP contribution in [0.15, 0.2) is 29.1 Å². The van der Waals surface area contributed by atoms with Gasteiger partial charge in [0.25, 0.3) is 5.56 Å². The van der Waals surface area contributed by atoms with E-state index in [1.807, 2.05) is 24.3 Å². The first-order valence-electron chi connectivity index (χ1n) is 12.3. The molecule has 0 spiro atoms. The third-order valence-electron chi connectivity index (χ3n) is 6.67. The number of tetrazole rings is 1. The molecule has 35 heavy (non-hydrogen) atoms. The maximum atomic E-state index is 13.1. The van der Waals surface area contributed by atoms with Gasteiger partial charge in [-0.1, -0.05) is 26.7 Å². The van der Waals surface area contributed by atoms with Crippen molar-refractivity contribution in [3.63, 3.8) is 0 Å². The van der Waals surface area contributed by atoms with Crippen LogP contribution in [0.3, 0.4) is 0 Å². The molecule has 2 aromatic heterocycles. The fourth-order valence-electron chi connectivity index (χ4n) is 5.06. The number of pyridine rings is 1. The number of benzene rings is 1. The zero-order chi connectivity index (χ0) is 24.9. The number of esters is 1. The van der Waals surface area contributed by atoms with Gasteiger partial charge in [0.2, 0.25) is 0 Å². The number of hydrogen-bond donors (Lipinski definition) is 1. The van der Waals surface area contributed by atoms with Gasteiger partial charge in [0, 0.05) is 29.1 Å². The number of H-pyrrole nitrogens is 1. The van der Waals surface area contributed by atoms with E-state index in [1.165, 1.54) is 4.68 Å². The van der Waals surface area contributed by atoms with Gasteiger partial charge in [0.15, 0.2) is 5.82 Å². The second kappa shape index (κ2) is 11.0. The van der Waals surface area contributed by atoms with E-state index in [1.54, 1.807) is 14.0 Å². The van der Waals surface area contributed by atoms with E-state index in [0.29, 0.717) is 24.5 Å². The summed E-state index contributed by atoms with van der Waals surface area (Å²) in [4.78, 5) is 30.6. The fourth-order valence-corrected chi connectivity index (χ4v) is 5.06. The Bertz CT molecular complexity index is 1210. The quantitative estimate of drug-likeness (QED) is 0.438. The van der Waals surface area contributed by atoms with Crippen LogP contribution in [-0.2, 0) is 22.6 Å². The molecule has 1 aromatic carbocycles. The molecule has 1 aliphatic rings. The van der Waals surface area contributed by atoms with Gasteiger partial charge in [-0.3, -0.25) is 14.5 Å². The first-order valence-corrected chi connectivity index (χ1v) is 12.3. The van der Waals surface area contributed by atoms with Crippen LogP contribution in [0.2, 0.25) is 0 Å². The molecule has 1 N–H and O–H groups in total.